The second-order valence-corrected chi connectivity index (χ2v) is 3.99. The van der Waals surface area contributed by atoms with E-state index in [0.29, 0.717) is 0 Å². The van der Waals surface area contributed by atoms with Crippen molar-refractivity contribution in [2.45, 2.75) is 11.8 Å². The summed E-state index contributed by atoms with van der Waals surface area (Å²) >= 11 is 1.26. The highest BCUT2D eigenvalue weighted by atomic mass is 32.2. The number of aryl methyl sites for hydroxylation is 1. The lowest BCUT2D eigenvalue weighted by Crippen LogP contribution is -1.86. The molecule has 76 valence electrons. The molecule has 0 aliphatic rings. The van der Waals surface area contributed by atoms with Crippen LogP contribution in [0.3, 0.4) is 0 Å². The van der Waals surface area contributed by atoms with Crippen LogP contribution in [0.25, 0.3) is 11.1 Å². The third-order valence-corrected chi connectivity index (χ3v) is 2.85. The van der Waals surface area contributed by atoms with Gasteiger partial charge in [0.15, 0.2) is 0 Å². The molecule has 0 amide bonds. The fraction of sp³-hybridized carbons (Fsp3) is 0.0833. The summed E-state index contributed by atoms with van der Waals surface area (Å²) in [6.45, 7) is 2.01. The van der Waals surface area contributed by atoms with E-state index in [9.17, 15) is 0 Å². The quantitative estimate of drug-likeness (QED) is 0.784. The van der Waals surface area contributed by atoms with Crippen molar-refractivity contribution in [3.05, 3.63) is 48.3 Å². The van der Waals surface area contributed by atoms with Gasteiger partial charge >= 0.3 is 0 Å². The Kier molecular flexibility index (Phi) is 3.04. The number of hydrogen-bond acceptors (Lipinski definition) is 3. The normalized spacial score (nSPS) is 10.3. The predicted molar refractivity (Wildman–Crippen MR) is 64.5 cm³/mol. The lowest BCUT2D eigenvalue weighted by Gasteiger charge is -2.05. The Morgan fingerprint density at radius 1 is 1.13 bits per heavy atom. The molecule has 0 unspecified atom stereocenters. The Morgan fingerprint density at radius 3 is 2.47 bits per heavy atom. The van der Waals surface area contributed by atoms with E-state index in [1.807, 2.05) is 31.3 Å². The maximum absolute atomic E-state index is 5.47. The maximum Gasteiger partial charge on any atom is 0.0450 e. The molecule has 1 aromatic heterocycles. The van der Waals surface area contributed by atoms with Gasteiger partial charge in [-0.2, -0.15) is 0 Å². The van der Waals surface area contributed by atoms with Crippen LogP contribution in [0.2, 0.25) is 0 Å². The van der Waals surface area contributed by atoms with Crippen LogP contribution in [-0.2, 0) is 0 Å². The summed E-state index contributed by atoms with van der Waals surface area (Å²) < 4.78 is 0. The zero-order chi connectivity index (χ0) is 10.7. The van der Waals surface area contributed by atoms with Crippen LogP contribution in [-0.4, -0.2) is 4.98 Å². The van der Waals surface area contributed by atoms with Crippen molar-refractivity contribution in [1.82, 2.24) is 4.98 Å². The monoisotopic (exact) mass is 216 g/mol. The van der Waals surface area contributed by atoms with E-state index in [2.05, 4.69) is 23.2 Å². The molecule has 0 bridgehead atoms. The zero-order valence-corrected chi connectivity index (χ0v) is 9.29. The van der Waals surface area contributed by atoms with Crippen LogP contribution < -0.4 is 5.14 Å². The Balaban J connectivity index is 2.42. The van der Waals surface area contributed by atoms with Crippen LogP contribution >= 0.6 is 11.9 Å². The summed E-state index contributed by atoms with van der Waals surface area (Å²) in [7, 11) is 0. The van der Waals surface area contributed by atoms with Crippen LogP contribution in [0, 0.1) is 6.92 Å². The van der Waals surface area contributed by atoms with Crippen molar-refractivity contribution in [3.8, 4) is 11.1 Å². The molecule has 0 radical (unpaired) electrons. The lowest BCUT2D eigenvalue weighted by molar-refractivity contribution is 1.20. The summed E-state index contributed by atoms with van der Waals surface area (Å²) in [5, 5.41) is 5.47. The van der Waals surface area contributed by atoms with Gasteiger partial charge in [0.2, 0.25) is 0 Å². The summed E-state index contributed by atoms with van der Waals surface area (Å²) in [4.78, 5) is 5.34. The molecule has 2 aromatic rings. The average Bonchev–Trinajstić information content (AvgIpc) is 2.30. The molecular formula is C12H12N2S. The molecule has 2 rings (SSSR count). The summed E-state index contributed by atoms with van der Waals surface area (Å²) in [5.74, 6) is 0. The number of pyridine rings is 1. The molecule has 1 heterocycles. The van der Waals surface area contributed by atoms with Crippen molar-refractivity contribution >= 4 is 11.9 Å². The minimum atomic E-state index is 1.05. The Hall–Kier alpha value is -1.32. The minimum absolute atomic E-state index is 1.05. The van der Waals surface area contributed by atoms with Gasteiger partial charge in [-0.1, -0.05) is 18.2 Å². The molecule has 0 aliphatic heterocycles. The predicted octanol–water partition coefficient (Wildman–Crippen LogP) is 3.02. The number of aromatic nitrogens is 1. The van der Waals surface area contributed by atoms with Gasteiger partial charge in [0.05, 0.1) is 0 Å². The Morgan fingerprint density at radius 2 is 1.87 bits per heavy atom. The molecule has 0 saturated carbocycles. The van der Waals surface area contributed by atoms with E-state index < -0.39 is 0 Å². The van der Waals surface area contributed by atoms with E-state index in [-0.39, 0.29) is 0 Å². The molecule has 0 saturated heterocycles. The molecule has 0 aliphatic carbocycles. The molecule has 1 aromatic carbocycles. The number of benzene rings is 1. The second kappa shape index (κ2) is 4.47. The van der Waals surface area contributed by atoms with Gasteiger partial charge in [-0.25, -0.2) is 0 Å². The van der Waals surface area contributed by atoms with Crippen molar-refractivity contribution in [2.24, 2.45) is 5.14 Å². The molecule has 2 nitrogen and oxygen atoms in total. The number of hydrogen-bond donors (Lipinski definition) is 1. The molecular weight excluding hydrogens is 204 g/mol. The van der Waals surface area contributed by atoms with Crippen LogP contribution in [0.15, 0.2) is 47.5 Å². The van der Waals surface area contributed by atoms with Gasteiger partial charge in [-0.15, -0.1) is 0 Å². The fourth-order valence-electron chi connectivity index (χ4n) is 1.50. The summed E-state index contributed by atoms with van der Waals surface area (Å²) in [6, 6.07) is 12.2. The highest BCUT2D eigenvalue weighted by molar-refractivity contribution is 7.97. The lowest BCUT2D eigenvalue weighted by atomic mass is 10.1. The molecule has 3 heteroatoms. The topological polar surface area (TPSA) is 38.9 Å². The van der Waals surface area contributed by atoms with Crippen LogP contribution in [0.1, 0.15) is 5.69 Å². The summed E-state index contributed by atoms with van der Waals surface area (Å²) in [6.07, 6.45) is 1.81. The van der Waals surface area contributed by atoms with Gasteiger partial charge in [0, 0.05) is 22.3 Å². The smallest absolute Gasteiger partial charge is 0.0450 e. The fourth-order valence-corrected chi connectivity index (χ4v) is 1.80. The van der Waals surface area contributed by atoms with Gasteiger partial charge < -0.3 is 0 Å². The van der Waals surface area contributed by atoms with E-state index in [4.69, 9.17) is 5.14 Å². The van der Waals surface area contributed by atoms with Gasteiger partial charge in [-0.3, -0.25) is 10.1 Å². The highest BCUT2D eigenvalue weighted by Gasteiger charge is 2.01. The third kappa shape index (κ3) is 2.19. The first-order chi connectivity index (χ1) is 7.31. The largest absolute Gasteiger partial charge is 0.274 e. The SMILES string of the molecule is Cc1ncccc1-c1ccc(SN)cc1. The first-order valence-corrected chi connectivity index (χ1v) is 5.58. The van der Waals surface area contributed by atoms with Crippen LogP contribution in [0.5, 0.6) is 0 Å². The van der Waals surface area contributed by atoms with Crippen LogP contribution in [0.4, 0.5) is 0 Å². The van der Waals surface area contributed by atoms with E-state index >= 15 is 0 Å². The summed E-state index contributed by atoms with van der Waals surface area (Å²) in [5.41, 5.74) is 3.40. The minimum Gasteiger partial charge on any atom is -0.274 e. The van der Waals surface area contributed by atoms with E-state index in [1.165, 1.54) is 23.1 Å². The van der Waals surface area contributed by atoms with Crippen molar-refractivity contribution in [2.75, 3.05) is 0 Å². The first-order valence-electron chi connectivity index (χ1n) is 4.70. The molecule has 0 atom stereocenters. The molecule has 0 fully saturated rings. The number of nitrogens with zero attached hydrogens (tertiary/aromatic N) is 1. The molecule has 15 heavy (non-hydrogen) atoms. The van der Waals surface area contributed by atoms with Crippen molar-refractivity contribution < 1.29 is 0 Å². The third-order valence-electron chi connectivity index (χ3n) is 2.31. The van der Waals surface area contributed by atoms with Crippen molar-refractivity contribution in [1.29, 1.82) is 0 Å². The van der Waals surface area contributed by atoms with Gasteiger partial charge in [0.25, 0.3) is 0 Å². The molecule has 0 spiro atoms. The van der Waals surface area contributed by atoms with Gasteiger partial charge in [-0.05, 0) is 42.6 Å². The van der Waals surface area contributed by atoms with Gasteiger partial charge in [0.1, 0.15) is 0 Å². The standard InChI is InChI=1S/C12H12N2S/c1-9-12(3-2-8-14-9)10-4-6-11(15-13)7-5-10/h2-8H,13H2,1H3. The van der Waals surface area contributed by atoms with E-state index in [1.54, 1.807) is 0 Å². The zero-order valence-electron chi connectivity index (χ0n) is 8.47. The van der Waals surface area contributed by atoms with E-state index in [0.717, 1.165) is 10.6 Å². The average molecular weight is 216 g/mol. The Labute approximate surface area is 93.7 Å². The van der Waals surface area contributed by atoms with Crippen molar-refractivity contribution in [3.63, 3.8) is 0 Å². The second-order valence-electron chi connectivity index (χ2n) is 3.28. The Bertz CT molecular complexity index is 451. The number of rotatable bonds is 2. The highest BCUT2D eigenvalue weighted by Crippen LogP contribution is 2.23. The number of nitrogens with two attached hydrogens (primary N) is 1. The maximum atomic E-state index is 5.47. The first kappa shape index (κ1) is 10.2. The molecule has 2 N–H and O–H groups in total.